The second kappa shape index (κ2) is 7.49. The van der Waals surface area contributed by atoms with Crippen LogP contribution >= 0.6 is 0 Å². The van der Waals surface area contributed by atoms with Crippen molar-refractivity contribution in [2.24, 2.45) is 0 Å². The molecule has 25 heavy (non-hydrogen) atoms. The monoisotopic (exact) mass is 338 g/mol. The lowest BCUT2D eigenvalue weighted by molar-refractivity contribution is -0.118. The Balaban J connectivity index is 2.28. The predicted octanol–water partition coefficient (Wildman–Crippen LogP) is 3.64. The lowest BCUT2D eigenvalue weighted by Crippen LogP contribution is -2.44. The molecule has 0 saturated heterocycles. The zero-order valence-corrected chi connectivity index (χ0v) is 15.2. The molecule has 0 bridgehead atoms. The minimum absolute atomic E-state index is 0.153. The van der Waals surface area contributed by atoms with Gasteiger partial charge in [0.1, 0.15) is 6.04 Å². The summed E-state index contributed by atoms with van der Waals surface area (Å²) in [6.07, 6.45) is 1.18. The van der Waals surface area contributed by atoms with Crippen molar-refractivity contribution in [3.8, 4) is 0 Å². The van der Waals surface area contributed by atoms with Crippen molar-refractivity contribution >= 4 is 23.5 Å². The van der Waals surface area contributed by atoms with E-state index in [1.807, 2.05) is 52.0 Å². The van der Waals surface area contributed by atoms with Crippen LogP contribution in [0.1, 0.15) is 43.5 Å². The van der Waals surface area contributed by atoms with E-state index in [-0.39, 0.29) is 11.4 Å². The van der Waals surface area contributed by atoms with Crippen molar-refractivity contribution in [2.75, 3.05) is 11.1 Å². The van der Waals surface area contributed by atoms with Crippen LogP contribution < -0.4 is 16.4 Å². The summed E-state index contributed by atoms with van der Waals surface area (Å²) in [6.45, 7) is 8.09. The van der Waals surface area contributed by atoms with Crippen LogP contribution in [0.4, 0.5) is 11.4 Å². The number of rotatable bonds is 5. The molecule has 5 nitrogen and oxygen atoms in total. The van der Waals surface area contributed by atoms with E-state index in [1.54, 1.807) is 18.2 Å². The van der Waals surface area contributed by atoms with Crippen LogP contribution in [0.2, 0.25) is 0 Å². The summed E-state index contributed by atoms with van der Waals surface area (Å²) in [5, 5.41) is 13.7. The molecule has 5 heteroatoms. The topological polar surface area (TPSA) is 91.0 Å². The summed E-state index contributed by atoms with van der Waals surface area (Å²) >= 11 is 0. The first kappa shape index (κ1) is 18.7. The number of carbonyl (C=O) groups excluding carboxylic acids is 1. The van der Waals surface area contributed by atoms with Crippen molar-refractivity contribution in [3.63, 3.8) is 0 Å². The third-order valence-corrected chi connectivity index (χ3v) is 3.76. The highest BCUT2D eigenvalue weighted by molar-refractivity contribution is 5.97. The maximum absolute atomic E-state index is 12.9. The summed E-state index contributed by atoms with van der Waals surface area (Å²) < 4.78 is 0. The molecule has 2 aromatic rings. The summed E-state index contributed by atoms with van der Waals surface area (Å²) in [7, 11) is 0. The Morgan fingerprint density at radius 1 is 1.16 bits per heavy atom. The van der Waals surface area contributed by atoms with Gasteiger partial charge in [-0.1, -0.05) is 29.8 Å². The summed E-state index contributed by atoms with van der Waals surface area (Å²) in [5.74, 6) is -0.153. The van der Waals surface area contributed by atoms with Gasteiger partial charge < -0.3 is 16.5 Å². The van der Waals surface area contributed by atoms with Crippen LogP contribution in [-0.4, -0.2) is 17.7 Å². The predicted molar refractivity (Wildman–Crippen MR) is 104 cm³/mol. The van der Waals surface area contributed by atoms with Crippen LogP contribution in [0, 0.1) is 12.3 Å². The molecule has 0 aliphatic heterocycles. The van der Waals surface area contributed by atoms with Crippen LogP contribution in [0.15, 0.2) is 42.5 Å². The van der Waals surface area contributed by atoms with E-state index in [1.165, 1.54) is 6.21 Å². The molecule has 0 aliphatic rings. The third kappa shape index (κ3) is 5.16. The Hall–Kier alpha value is -2.66. The molecule has 0 radical (unpaired) electrons. The Labute approximate surface area is 149 Å². The van der Waals surface area contributed by atoms with E-state index in [0.29, 0.717) is 16.9 Å². The van der Waals surface area contributed by atoms with E-state index >= 15 is 0 Å². The van der Waals surface area contributed by atoms with Crippen molar-refractivity contribution in [3.05, 3.63) is 59.2 Å². The second-order valence-electron chi connectivity index (χ2n) is 7.22. The Morgan fingerprint density at radius 2 is 1.80 bits per heavy atom. The minimum Gasteiger partial charge on any atom is -0.398 e. The fourth-order valence-corrected chi connectivity index (χ4v) is 2.48. The highest BCUT2D eigenvalue weighted by Crippen LogP contribution is 2.22. The van der Waals surface area contributed by atoms with Gasteiger partial charge in [0.15, 0.2) is 0 Å². The van der Waals surface area contributed by atoms with Gasteiger partial charge in [-0.3, -0.25) is 10.1 Å². The van der Waals surface area contributed by atoms with Gasteiger partial charge in [0.2, 0.25) is 5.91 Å². The average molecular weight is 338 g/mol. The molecular formula is C20H26N4O. The maximum Gasteiger partial charge on any atom is 0.246 e. The smallest absolute Gasteiger partial charge is 0.246 e. The van der Waals surface area contributed by atoms with Crippen LogP contribution in [0.25, 0.3) is 0 Å². The number of anilines is 2. The number of nitrogens with two attached hydrogens (primary N) is 1. The van der Waals surface area contributed by atoms with Crippen LogP contribution in [0.3, 0.4) is 0 Å². The molecule has 0 aromatic heterocycles. The number of hydrogen-bond acceptors (Lipinski definition) is 4. The lowest BCUT2D eigenvalue weighted by atomic mass is 10.00. The lowest BCUT2D eigenvalue weighted by Gasteiger charge is -2.28. The number of hydrogen-bond donors (Lipinski definition) is 4. The fraction of sp³-hybridized carbons (Fsp3) is 0.300. The zero-order valence-electron chi connectivity index (χ0n) is 15.2. The number of nitrogen functional groups attached to an aromatic ring is 1. The molecule has 5 N–H and O–H groups in total. The van der Waals surface area contributed by atoms with E-state index in [4.69, 9.17) is 11.1 Å². The molecule has 132 valence electrons. The molecule has 0 saturated carbocycles. The maximum atomic E-state index is 12.9. The van der Waals surface area contributed by atoms with Crippen molar-refractivity contribution < 1.29 is 4.79 Å². The van der Waals surface area contributed by atoms with Gasteiger partial charge in [-0.2, -0.15) is 0 Å². The molecule has 0 fully saturated rings. The zero-order chi connectivity index (χ0) is 18.6. The first-order valence-electron chi connectivity index (χ1n) is 8.25. The Morgan fingerprint density at radius 3 is 2.36 bits per heavy atom. The van der Waals surface area contributed by atoms with Gasteiger partial charge in [-0.25, -0.2) is 0 Å². The summed E-state index contributed by atoms with van der Waals surface area (Å²) in [4.78, 5) is 12.9. The summed E-state index contributed by atoms with van der Waals surface area (Å²) in [5.41, 5.74) is 9.33. The van der Waals surface area contributed by atoms with Gasteiger partial charge in [0.25, 0.3) is 0 Å². The number of amides is 1. The quantitative estimate of drug-likeness (QED) is 0.495. The molecule has 0 heterocycles. The van der Waals surface area contributed by atoms with Crippen LogP contribution in [0.5, 0.6) is 0 Å². The number of aryl methyl sites for hydroxylation is 1. The van der Waals surface area contributed by atoms with E-state index in [2.05, 4.69) is 10.6 Å². The molecule has 2 rings (SSSR count). The SMILES string of the molecule is Cc1ccc(C(NC(C)(C)C)C(=O)Nc2ccc(N)c(C=N)c2)cc1. The Kier molecular flexibility index (Phi) is 5.59. The van der Waals surface area contributed by atoms with Gasteiger partial charge in [0, 0.05) is 28.7 Å². The van der Waals surface area contributed by atoms with E-state index in [9.17, 15) is 4.79 Å². The van der Waals surface area contributed by atoms with Gasteiger partial charge in [0.05, 0.1) is 0 Å². The van der Waals surface area contributed by atoms with Crippen molar-refractivity contribution in [1.29, 1.82) is 5.41 Å². The number of nitrogens with one attached hydrogen (secondary N) is 3. The highest BCUT2D eigenvalue weighted by atomic mass is 16.2. The first-order valence-corrected chi connectivity index (χ1v) is 8.25. The highest BCUT2D eigenvalue weighted by Gasteiger charge is 2.25. The first-order chi connectivity index (χ1) is 11.7. The fourth-order valence-electron chi connectivity index (χ4n) is 2.48. The van der Waals surface area contributed by atoms with Gasteiger partial charge in [-0.05, 0) is 51.5 Å². The molecule has 2 aromatic carbocycles. The average Bonchev–Trinajstić information content (AvgIpc) is 2.54. The van der Waals surface area contributed by atoms with Gasteiger partial charge >= 0.3 is 0 Å². The molecule has 1 atom stereocenters. The second-order valence-corrected chi connectivity index (χ2v) is 7.22. The summed E-state index contributed by atoms with van der Waals surface area (Å²) in [6, 6.07) is 12.6. The molecule has 1 unspecified atom stereocenters. The van der Waals surface area contributed by atoms with Crippen LogP contribution in [-0.2, 0) is 4.79 Å². The van der Waals surface area contributed by atoms with Crippen molar-refractivity contribution in [2.45, 2.75) is 39.3 Å². The molecular weight excluding hydrogens is 312 g/mol. The Bertz CT molecular complexity index is 760. The van der Waals surface area contributed by atoms with E-state index < -0.39 is 6.04 Å². The normalized spacial score (nSPS) is 12.5. The minimum atomic E-state index is -0.485. The standard InChI is InChI=1S/C20H26N4O/c1-13-5-7-14(8-6-13)18(24-20(2,3)4)19(25)23-16-9-10-17(22)15(11-16)12-21/h5-12,18,21,24H,22H2,1-4H3,(H,23,25). The van der Waals surface area contributed by atoms with Gasteiger partial charge in [-0.15, -0.1) is 0 Å². The van der Waals surface area contributed by atoms with Crippen molar-refractivity contribution in [1.82, 2.24) is 5.32 Å². The molecule has 0 aliphatic carbocycles. The molecule has 1 amide bonds. The number of benzene rings is 2. The number of carbonyl (C=O) groups is 1. The van der Waals surface area contributed by atoms with E-state index in [0.717, 1.165) is 11.1 Å². The third-order valence-electron chi connectivity index (χ3n) is 3.76. The molecule has 0 spiro atoms. The largest absolute Gasteiger partial charge is 0.398 e.